The normalized spacial score (nSPS) is 39.2. The zero-order valence-electron chi connectivity index (χ0n) is 8.60. The predicted octanol–water partition coefficient (Wildman–Crippen LogP) is 0.853. The molecule has 0 aromatic carbocycles. The van der Waals surface area contributed by atoms with E-state index in [2.05, 4.69) is 24.5 Å². The number of ether oxygens (including phenoxy) is 1. The van der Waals surface area contributed by atoms with Gasteiger partial charge in [-0.2, -0.15) is 0 Å². The molecule has 76 valence electrons. The van der Waals surface area contributed by atoms with Gasteiger partial charge in [-0.3, -0.25) is 5.32 Å². The predicted molar refractivity (Wildman–Crippen MR) is 52.6 cm³/mol. The van der Waals surface area contributed by atoms with Crippen molar-refractivity contribution in [3.05, 3.63) is 0 Å². The molecule has 3 nitrogen and oxygen atoms in total. The molecule has 0 aromatic rings. The highest BCUT2D eigenvalue weighted by Gasteiger charge is 2.35. The summed E-state index contributed by atoms with van der Waals surface area (Å²) in [4.78, 5) is 0. The molecule has 2 rings (SSSR count). The maximum absolute atomic E-state index is 5.73. The lowest BCUT2D eigenvalue weighted by Crippen LogP contribution is -2.51. The summed E-state index contributed by atoms with van der Waals surface area (Å²) in [6, 6.07) is 0.524. The van der Waals surface area contributed by atoms with Gasteiger partial charge < -0.3 is 10.1 Å². The third-order valence-electron chi connectivity index (χ3n) is 2.87. The van der Waals surface area contributed by atoms with E-state index in [-0.39, 0.29) is 11.8 Å². The molecule has 0 saturated carbocycles. The van der Waals surface area contributed by atoms with Crippen LogP contribution in [0.2, 0.25) is 0 Å². The molecule has 0 aromatic heterocycles. The standard InChI is InChI=1S/C10H20N2O/c1-10(2)7-13-9(12-10)8-5-3-4-6-11-8/h8-9,11-12H,3-7H2,1-2H3. The number of rotatable bonds is 1. The Morgan fingerprint density at radius 1 is 1.31 bits per heavy atom. The fraction of sp³-hybridized carbons (Fsp3) is 1.00. The summed E-state index contributed by atoms with van der Waals surface area (Å²) in [6.45, 7) is 6.36. The van der Waals surface area contributed by atoms with Gasteiger partial charge in [-0.1, -0.05) is 6.42 Å². The fourth-order valence-corrected chi connectivity index (χ4v) is 2.12. The van der Waals surface area contributed by atoms with E-state index in [0.29, 0.717) is 6.04 Å². The summed E-state index contributed by atoms with van der Waals surface area (Å²) in [5.41, 5.74) is 0.157. The van der Waals surface area contributed by atoms with Crippen molar-refractivity contribution in [3.8, 4) is 0 Å². The second-order valence-electron chi connectivity index (χ2n) is 4.82. The van der Waals surface area contributed by atoms with Crippen molar-refractivity contribution in [2.75, 3.05) is 13.2 Å². The number of piperidine rings is 1. The van der Waals surface area contributed by atoms with Crippen LogP contribution < -0.4 is 10.6 Å². The highest BCUT2D eigenvalue weighted by molar-refractivity contribution is 4.91. The molecule has 2 fully saturated rings. The van der Waals surface area contributed by atoms with E-state index in [4.69, 9.17) is 4.74 Å². The molecule has 2 saturated heterocycles. The van der Waals surface area contributed by atoms with E-state index in [1.807, 2.05) is 0 Å². The van der Waals surface area contributed by atoms with E-state index >= 15 is 0 Å². The van der Waals surface area contributed by atoms with Crippen molar-refractivity contribution in [2.45, 2.75) is 50.9 Å². The molecule has 13 heavy (non-hydrogen) atoms. The topological polar surface area (TPSA) is 33.3 Å². The van der Waals surface area contributed by atoms with Gasteiger partial charge in [0.1, 0.15) is 6.23 Å². The zero-order valence-corrected chi connectivity index (χ0v) is 8.60. The van der Waals surface area contributed by atoms with Crippen molar-refractivity contribution >= 4 is 0 Å². The Morgan fingerprint density at radius 3 is 2.69 bits per heavy atom. The molecule has 2 heterocycles. The van der Waals surface area contributed by atoms with Gasteiger partial charge in [-0.05, 0) is 33.2 Å². The number of hydrogen-bond acceptors (Lipinski definition) is 3. The van der Waals surface area contributed by atoms with Crippen LogP contribution in [0.15, 0.2) is 0 Å². The van der Waals surface area contributed by atoms with Crippen LogP contribution in [0.3, 0.4) is 0 Å². The lowest BCUT2D eigenvalue weighted by molar-refractivity contribution is 0.0580. The molecular formula is C10H20N2O. The van der Waals surface area contributed by atoms with Crippen LogP contribution in [0, 0.1) is 0 Å². The van der Waals surface area contributed by atoms with Crippen LogP contribution in [0.4, 0.5) is 0 Å². The largest absolute Gasteiger partial charge is 0.360 e. The molecule has 2 aliphatic heterocycles. The summed E-state index contributed by atoms with van der Waals surface area (Å²) in [5.74, 6) is 0. The van der Waals surface area contributed by atoms with Crippen LogP contribution in [0.25, 0.3) is 0 Å². The van der Waals surface area contributed by atoms with Gasteiger partial charge in [-0.15, -0.1) is 0 Å². The van der Waals surface area contributed by atoms with E-state index in [1.54, 1.807) is 0 Å². The molecule has 2 atom stereocenters. The summed E-state index contributed by atoms with van der Waals surface area (Å²) < 4.78 is 5.73. The molecule has 0 bridgehead atoms. The van der Waals surface area contributed by atoms with Crippen LogP contribution in [0.5, 0.6) is 0 Å². The summed E-state index contributed by atoms with van der Waals surface area (Å²) in [7, 11) is 0. The molecule has 2 N–H and O–H groups in total. The van der Waals surface area contributed by atoms with Gasteiger partial charge in [0.25, 0.3) is 0 Å². The van der Waals surface area contributed by atoms with Gasteiger partial charge in [-0.25, -0.2) is 0 Å². The van der Waals surface area contributed by atoms with Crippen LogP contribution in [-0.4, -0.2) is 31.0 Å². The van der Waals surface area contributed by atoms with Crippen molar-refractivity contribution in [1.29, 1.82) is 0 Å². The Hall–Kier alpha value is -0.120. The van der Waals surface area contributed by atoms with E-state index in [0.717, 1.165) is 13.2 Å². The molecular weight excluding hydrogens is 164 g/mol. The Labute approximate surface area is 80.2 Å². The molecule has 0 aliphatic carbocycles. The maximum Gasteiger partial charge on any atom is 0.124 e. The SMILES string of the molecule is CC1(C)COC(C2CCCCN2)N1. The van der Waals surface area contributed by atoms with Crippen molar-refractivity contribution in [1.82, 2.24) is 10.6 Å². The monoisotopic (exact) mass is 184 g/mol. The smallest absolute Gasteiger partial charge is 0.124 e. The van der Waals surface area contributed by atoms with E-state index < -0.39 is 0 Å². The molecule has 2 aliphatic rings. The minimum atomic E-state index is 0.157. The van der Waals surface area contributed by atoms with Crippen LogP contribution in [0.1, 0.15) is 33.1 Å². The molecule has 0 radical (unpaired) electrons. The summed E-state index contributed by atoms with van der Waals surface area (Å²) in [5, 5.41) is 7.03. The van der Waals surface area contributed by atoms with Crippen LogP contribution >= 0.6 is 0 Å². The quantitative estimate of drug-likeness (QED) is 0.634. The number of nitrogens with one attached hydrogen (secondary N) is 2. The van der Waals surface area contributed by atoms with Crippen LogP contribution in [-0.2, 0) is 4.74 Å². The average molecular weight is 184 g/mol. The maximum atomic E-state index is 5.73. The highest BCUT2D eigenvalue weighted by atomic mass is 16.5. The van der Waals surface area contributed by atoms with Gasteiger partial charge in [0.15, 0.2) is 0 Å². The van der Waals surface area contributed by atoms with Gasteiger partial charge >= 0.3 is 0 Å². The first kappa shape index (κ1) is 9.44. The average Bonchev–Trinajstić information content (AvgIpc) is 2.48. The minimum Gasteiger partial charge on any atom is -0.360 e. The van der Waals surface area contributed by atoms with Gasteiger partial charge in [0.2, 0.25) is 0 Å². The second kappa shape index (κ2) is 3.56. The third kappa shape index (κ3) is 2.22. The first-order chi connectivity index (χ1) is 6.17. The summed E-state index contributed by atoms with van der Waals surface area (Å²) in [6.07, 6.45) is 4.12. The van der Waals surface area contributed by atoms with Crippen molar-refractivity contribution in [2.24, 2.45) is 0 Å². The molecule has 3 heteroatoms. The molecule has 0 spiro atoms. The van der Waals surface area contributed by atoms with Crippen molar-refractivity contribution in [3.63, 3.8) is 0 Å². The third-order valence-corrected chi connectivity index (χ3v) is 2.87. The highest BCUT2D eigenvalue weighted by Crippen LogP contribution is 2.20. The summed E-state index contributed by atoms with van der Waals surface area (Å²) >= 11 is 0. The molecule has 2 unspecified atom stereocenters. The number of hydrogen-bond donors (Lipinski definition) is 2. The first-order valence-corrected chi connectivity index (χ1v) is 5.30. The second-order valence-corrected chi connectivity index (χ2v) is 4.82. The molecule has 0 amide bonds. The van der Waals surface area contributed by atoms with Gasteiger partial charge in [0, 0.05) is 11.6 Å². The Morgan fingerprint density at radius 2 is 2.15 bits per heavy atom. The van der Waals surface area contributed by atoms with Gasteiger partial charge in [0.05, 0.1) is 6.61 Å². The lowest BCUT2D eigenvalue weighted by Gasteiger charge is -2.29. The Bertz CT molecular complexity index is 176. The first-order valence-electron chi connectivity index (χ1n) is 5.30. The lowest BCUT2D eigenvalue weighted by atomic mass is 10.0. The van der Waals surface area contributed by atoms with E-state index in [9.17, 15) is 0 Å². The Balaban J connectivity index is 1.87. The zero-order chi connectivity index (χ0) is 9.31. The van der Waals surface area contributed by atoms with E-state index in [1.165, 1.54) is 19.3 Å². The Kier molecular flexibility index (Phi) is 2.58. The fourth-order valence-electron chi connectivity index (χ4n) is 2.12. The minimum absolute atomic E-state index is 0.157. The van der Waals surface area contributed by atoms with Crippen molar-refractivity contribution < 1.29 is 4.74 Å².